The quantitative estimate of drug-likeness (QED) is 0.601. The Balaban J connectivity index is 2.12. The van der Waals surface area contributed by atoms with Crippen molar-refractivity contribution in [1.29, 1.82) is 0 Å². The van der Waals surface area contributed by atoms with E-state index in [0.29, 0.717) is 17.4 Å². The molecule has 0 radical (unpaired) electrons. The molecule has 0 aliphatic heterocycles. The summed E-state index contributed by atoms with van der Waals surface area (Å²) < 4.78 is 5.14. The summed E-state index contributed by atoms with van der Waals surface area (Å²) in [4.78, 5) is 22.9. The molecule has 0 N–H and O–H groups in total. The largest absolute Gasteiger partial charge is 0.497 e. The number of nitrogens with zero attached hydrogens (tertiary/aromatic N) is 3. The maximum Gasteiger partial charge on any atom is 0.272 e. The minimum Gasteiger partial charge on any atom is -0.497 e. The molecule has 0 unspecified atom stereocenters. The summed E-state index contributed by atoms with van der Waals surface area (Å²) >= 11 is 1.53. The number of thioether (sulfide) groups is 1. The molecule has 0 fully saturated rings. The van der Waals surface area contributed by atoms with Crippen LogP contribution < -0.4 is 4.74 Å². The smallest absolute Gasteiger partial charge is 0.272 e. The van der Waals surface area contributed by atoms with E-state index < -0.39 is 0 Å². The minimum atomic E-state index is -0.107. The van der Waals surface area contributed by atoms with Gasteiger partial charge in [-0.2, -0.15) is 0 Å². The number of ether oxygens (including phenoxy) is 1. The molecule has 1 amide bonds. The van der Waals surface area contributed by atoms with Gasteiger partial charge in [-0.25, -0.2) is 9.97 Å². The van der Waals surface area contributed by atoms with E-state index in [1.54, 1.807) is 25.1 Å². The molecule has 0 bridgehead atoms. The van der Waals surface area contributed by atoms with Gasteiger partial charge in [0.05, 0.1) is 7.11 Å². The number of hydrogen-bond donors (Lipinski definition) is 0. The number of hydrogen-bond acceptors (Lipinski definition) is 5. The van der Waals surface area contributed by atoms with Gasteiger partial charge < -0.3 is 9.64 Å². The summed E-state index contributed by atoms with van der Waals surface area (Å²) in [6, 6.07) is 9.40. The van der Waals surface area contributed by atoms with Crippen molar-refractivity contribution in [3.8, 4) is 5.75 Å². The fourth-order valence-corrected chi connectivity index (χ4v) is 2.75. The standard InChI is InChI=1S/C17H21N3O2S/c1-5-23-17-18-12(2)10-15(19-17)16(21)20(3)11-13-6-8-14(22-4)9-7-13/h6-10H,5,11H2,1-4H3. The van der Waals surface area contributed by atoms with Gasteiger partial charge in [0.1, 0.15) is 11.4 Å². The Kier molecular flexibility index (Phi) is 5.98. The predicted octanol–water partition coefficient (Wildman–Crippen LogP) is 3.18. The van der Waals surface area contributed by atoms with Gasteiger partial charge in [0.25, 0.3) is 5.91 Å². The summed E-state index contributed by atoms with van der Waals surface area (Å²) in [7, 11) is 3.41. The number of benzene rings is 1. The number of aromatic nitrogens is 2. The Morgan fingerprint density at radius 3 is 2.57 bits per heavy atom. The SMILES string of the molecule is CCSc1nc(C)cc(C(=O)N(C)Cc2ccc(OC)cc2)n1. The van der Waals surface area contributed by atoms with E-state index in [1.807, 2.05) is 38.1 Å². The van der Waals surface area contributed by atoms with E-state index >= 15 is 0 Å². The Morgan fingerprint density at radius 1 is 1.26 bits per heavy atom. The first-order chi connectivity index (χ1) is 11.0. The van der Waals surface area contributed by atoms with E-state index in [9.17, 15) is 4.79 Å². The summed E-state index contributed by atoms with van der Waals surface area (Å²) in [5.41, 5.74) is 2.28. The second-order valence-corrected chi connectivity index (χ2v) is 6.35. The molecule has 1 heterocycles. The molecule has 2 rings (SSSR count). The van der Waals surface area contributed by atoms with Gasteiger partial charge in [-0.3, -0.25) is 4.79 Å². The average Bonchev–Trinajstić information content (AvgIpc) is 2.54. The predicted molar refractivity (Wildman–Crippen MR) is 92.0 cm³/mol. The van der Waals surface area contributed by atoms with Crippen molar-refractivity contribution < 1.29 is 9.53 Å². The van der Waals surface area contributed by atoms with Crippen LogP contribution >= 0.6 is 11.8 Å². The summed E-state index contributed by atoms with van der Waals surface area (Å²) in [5.74, 6) is 1.57. The molecule has 0 spiro atoms. The molecular weight excluding hydrogens is 310 g/mol. The zero-order chi connectivity index (χ0) is 16.8. The van der Waals surface area contributed by atoms with Crippen molar-refractivity contribution in [2.45, 2.75) is 25.5 Å². The van der Waals surface area contributed by atoms with Crippen molar-refractivity contribution in [1.82, 2.24) is 14.9 Å². The van der Waals surface area contributed by atoms with E-state index in [0.717, 1.165) is 22.8 Å². The number of rotatable bonds is 6. The first kappa shape index (κ1) is 17.3. The van der Waals surface area contributed by atoms with Crippen LogP contribution in [0.2, 0.25) is 0 Å². The molecule has 1 aromatic heterocycles. The molecule has 0 saturated carbocycles. The van der Waals surface area contributed by atoms with Gasteiger partial charge >= 0.3 is 0 Å². The van der Waals surface area contributed by atoms with Crippen LogP contribution in [0.3, 0.4) is 0 Å². The van der Waals surface area contributed by atoms with Crippen LogP contribution in [0, 0.1) is 6.92 Å². The molecule has 1 aromatic carbocycles. The van der Waals surface area contributed by atoms with Crippen LogP contribution in [0.1, 0.15) is 28.7 Å². The van der Waals surface area contributed by atoms with Crippen LogP contribution in [-0.4, -0.2) is 40.7 Å². The zero-order valence-electron chi connectivity index (χ0n) is 13.9. The minimum absolute atomic E-state index is 0.107. The lowest BCUT2D eigenvalue weighted by Crippen LogP contribution is -2.27. The van der Waals surface area contributed by atoms with Gasteiger partial charge in [0, 0.05) is 19.3 Å². The van der Waals surface area contributed by atoms with E-state index in [4.69, 9.17) is 4.74 Å². The third-order valence-electron chi connectivity index (χ3n) is 3.25. The Bertz CT molecular complexity index is 674. The summed E-state index contributed by atoms with van der Waals surface area (Å²) in [6.45, 7) is 4.43. The lowest BCUT2D eigenvalue weighted by Gasteiger charge is -2.17. The van der Waals surface area contributed by atoms with Crippen LogP contribution in [0.15, 0.2) is 35.5 Å². The van der Waals surface area contributed by atoms with Crippen LogP contribution in [0.4, 0.5) is 0 Å². The molecule has 0 saturated heterocycles. The number of aryl methyl sites for hydroxylation is 1. The lowest BCUT2D eigenvalue weighted by atomic mass is 10.2. The Hall–Kier alpha value is -2.08. The number of methoxy groups -OCH3 is 1. The number of amides is 1. The first-order valence-electron chi connectivity index (χ1n) is 7.40. The highest BCUT2D eigenvalue weighted by Gasteiger charge is 2.15. The third kappa shape index (κ3) is 4.69. The second kappa shape index (κ2) is 7.97. The van der Waals surface area contributed by atoms with Crippen LogP contribution in [0.5, 0.6) is 5.75 Å². The van der Waals surface area contributed by atoms with Gasteiger partial charge in [-0.05, 0) is 36.4 Å². The van der Waals surface area contributed by atoms with Crippen molar-refractivity contribution >= 4 is 17.7 Å². The Labute approximate surface area is 141 Å². The van der Waals surface area contributed by atoms with Crippen LogP contribution in [0.25, 0.3) is 0 Å². The number of carbonyl (C=O) groups is 1. The molecular formula is C17H21N3O2S. The Morgan fingerprint density at radius 2 is 1.96 bits per heavy atom. The van der Waals surface area contributed by atoms with E-state index in [-0.39, 0.29) is 5.91 Å². The molecule has 23 heavy (non-hydrogen) atoms. The molecule has 0 aliphatic carbocycles. The monoisotopic (exact) mass is 331 g/mol. The third-order valence-corrected chi connectivity index (χ3v) is 3.98. The molecule has 5 nitrogen and oxygen atoms in total. The molecule has 122 valence electrons. The maximum atomic E-state index is 12.6. The fraction of sp³-hybridized carbons (Fsp3) is 0.353. The van der Waals surface area contributed by atoms with Crippen molar-refractivity contribution in [2.75, 3.05) is 19.9 Å². The topological polar surface area (TPSA) is 55.3 Å². The highest BCUT2D eigenvalue weighted by atomic mass is 32.2. The van der Waals surface area contributed by atoms with Gasteiger partial charge in [0.2, 0.25) is 0 Å². The molecule has 0 atom stereocenters. The molecule has 0 aliphatic rings. The van der Waals surface area contributed by atoms with Crippen molar-refractivity contribution in [3.05, 3.63) is 47.3 Å². The van der Waals surface area contributed by atoms with E-state index in [1.165, 1.54) is 11.8 Å². The fourth-order valence-electron chi connectivity index (χ4n) is 2.12. The first-order valence-corrected chi connectivity index (χ1v) is 8.39. The highest BCUT2D eigenvalue weighted by molar-refractivity contribution is 7.99. The highest BCUT2D eigenvalue weighted by Crippen LogP contribution is 2.16. The molecule has 2 aromatic rings. The zero-order valence-corrected chi connectivity index (χ0v) is 14.7. The summed E-state index contributed by atoms with van der Waals surface area (Å²) in [6.07, 6.45) is 0. The maximum absolute atomic E-state index is 12.6. The van der Waals surface area contributed by atoms with Crippen LogP contribution in [-0.2, 0) is 6.54 Å². The van der Waals surface area contributed by atoms with E-state index in [2.05, 4.69) is 9.97 Å². The van der Waals surface area contributed by atoms with Gasteiger partial charge in [-0.15, -0.1) is 0 Å². The molecule has 6 heteroatoms. The van der Waals surface area contributed by atoms with Crippen molar-refractivity contribution in [3.63, 3.8) is 0 Å². The summed E-state index contributed by atoms with van der Waals surface area (Å²) in [5, 5.41) is 0.647. The average molecular weight is 331 g/mol. The number of carbonyl (C=O) groups excluding carboxylic acids is 1. The van der Waals surface area contributed by atoms with Gasteiger partial charge in [-0.1, -0.05) is 30.8 Å². The second-order valence-electron chi connectivity index (χ2n) is 5.12. The lowest BCUT2D eigenvalue weighted by molar-refractivity contribution is 0.0778. The normalized spacial score (nSPS) is 10.4. The van der Waals surface area contributed by atoms with Gasteiger partial charge in [0.15, 0.2) is 5.16 Å². The van der Waals surface area contributed by atoms with Crippen molar-refractivity contribution in [2.24, 2.45) is 0 Å².